The highest BCUT2D eigenvalue weighted by molar-refractivity contribution is 5.82. The Labute approximate surface area is 117 Å². The van der Waals surface area contributed by atoms with Crippen LogP contribution in [0, 0.1) is 19.8 Å². The summed E-state index contributed by atoms with van der Waals surface area (Å²) in [6, 6.07) is 0. The van der Waals surface area contributed by atoms with Gasteiger partial charge in [-0.1, -0.05) is 0 Å². The fourth-order valence-electron chi connectivity index (χ4n) is 2.94. The predicted octanol–water partition coefficient (Wildman–Crippen LogP) is 1.06. The van der Waals surface area contributed by atoms with E-state index in [1.807, 2.05) is 26.4 Å². The van der Waals surface area contributed by atoms with Gasteiger partial charge in [0.2, 0.25) is 0 Å². The first kappa shape index (κ1) is 13.1. The molecule has 0 aromatic carbocycles. The van der Waals surface area contributed by atoms with Crippen molar-refractivity contribution in [2.45, 2.75) is 39.8 Å². The first-order valence-electron chi connectivity index (χ1n) is 6.90. The number of nitrogens with two attached hydrogens (primary N) is 1. The zero-order valence-corrected chi connectivity index (χ0v) is 11.8. The van der Waals surface area contributed by atoms with E-state index in [9.17, 15) is 4.79 Å². The van der Waals surface area contributed by atoms with Crippen molar-refractivity contribution in [2.24, 2.45) is 11.7 Å². The smallest absolute Gasteiger partial charge is 0.250 e. The van der Waals surface area contributed by atoms with Gasteiger partial charge in [0.25, 0.3) is 5.91 Å². The predicted molar refractivity (Wildman–Crippen MR) is 74.3 cm³/mol. The van der Waals surface area contributed by atoms with E-state index in [-0.39, 0.29) is 11.8 Å². The molecule has 2 aromatic heterocycles. The molecule has 0 fully saturated rings. The molecular formula is C14H19N5O. The first-order valence-corrected chi connectivity index (χ1v) is 6.90. The van der Waals surface area contributed by atoms with Crippen LogP contribution in [0.1, 0.15) is 33.9 Å². The Bertz CT molecular complexity index is 655. The SMILES string of the molecule is Cc1nn(C(=O)C2CCn3cncc3C2)c(C)c1CN. The molecule has 0 bridgehead atoms. The maximum absolute atomic E-state index is 12.7. The molecule has 2 N–H and O–H groups in total. The number of fused-ring (bicyclic) bond motifs is 1. The molecule has 0 spiro atoms. The number of hydrogen-bond donors (Lipinski definition) is 1. The lowest BCUT2D eigenvalue weighted by Crippen LogP contribution is -2.30. The summed E-state index contributed by atoms with van der Waals surface area (Å²) in [6.45, 7) is 5.07. The van der Waals surface area contributed by atoms with Crippen LogP contribution < -0.4 is 5.73 Å². The molecule has 106 valence electrons. The minimum Gasteiger partial charge on any atom is -0.335 e. The fraction of sp³-hybridized carbons (Fsp3) is 0.500. The van der Waals surface area contributed by atoms with Gasteiger partial charge in [0.1, 0.15) is 0 Å². The number of nitrogens with zero attached hydrogens (tertiary/aromatic N) is 4. The third kappa shape index (κ3) is 1.96. The average Bonchev–Trinajstić information content (AvgIpc) is 3.01. The normalized spacial score (nSPS) is 18.1. The molecule has 3 heterocycles. The van der Waals surface area contributed by atoms with Gasteiger partial charge < -0.3 is 10.3 Å². The summed E-state index contributed by atoms with van der Waals surface area (Å²) in [7, 11) is 0. The van der Waals surface area contributed by atoms with E-state index in [0.29, 0.717) is 6.54 Å². The van der Waals surface area contributed by atoms with Crippen LogP contribution in [-0.2, 0) is 19.5 Å². The Morgan fingerprint density at radius 3 is 3.00 bits per heavy atom. The van der Waals surface area contributed by atoms with Crippen molar-refractivity contribution in [1.82, 2.24) is 19.3 Å². The quantitative estimate of drug-likeness (QED) is 0.887. The first-order chi connectivity index (χ1) is 9.61. The molecule has 1 aliphatic rings. The Balaban J connectivity index is 1.87. The summed E-state index contributed by atoms with van der Waals surface area (Å²) in [6.07, 6.45) is 5.23. The standard InChI is InChI=1S/C14H19N5O/c1-9-13(6-15)10(2)19(17-9)14(20)11-3-4-18-8-16-7-12(18)5-11/h7-8,11H,3-6,15H2,1-2H3. The van der Waals surface area contributed by atoms with Crippen molar-refractivity contribution in [1.29, 1.82) is 0 Å². The van der Waals surface area contributed by atoms with E-state index in [2.05, 4.69) is 14.6 Å². The Morgan fingerprint density at radius 1 is 1.50 bits per heavy atom. The van der Waals surface area contributed by atoms with Gasteiger partial charge in [-0.2, -0.15) is 5.10 Å². The van der Waals surface area contributed by atoms with Crippen LogP contribution in [-0.4, -0.2) is 25.2 Å². The summed E-state index contributed by atoms with van der Waals surface area (Å²) in [4.78, 5) is 16.8. The van der Waals surface area contributed by atoms with Gasteiger partial charge in [0, 0.05) is 48.6 Å². The van der Waals surface area contributed by atoms with Crippen LogP contribution in [0.15, 0.2) is 12.5 Å². The van der Waals surface area contributed by atoms with E-state index < -0.39 is 0 Å². The minimum atomic E-state index is -0.0252. The summed E-state index contributed by atoms with van der Waals surface area (Å²) in [5.41, 5.74) is 9.52. The van der Waals surface area contributed by atoms with Gasteiger partial charge in [-0.25, -0.2) is 9.67 Å². The molecular weight excluding hydrogens is 254 g/mol. The molecule has 0 amide bonds. The lowest BCUT2D eigenvalue weighted by molar-refractivity contribution is 0.0791. The van der Waals surface area contributed by atoms with Crippen molar-refractivity contribution < 1.29 is 4.79 Å². The number of hydrogen-bond acceptors (Lipinski definition) is 4. The van der Waals surface area contributed by atoms with Crippen molar-refractivity contribution >= 4 is 5.91 Å². The third-order valence-electron chi connectivity index (χ3n) is 4.18. The molecule has 6 heteroatoms. The van der Waals surface area contributed by atoms with Crippen LogP contribution in [0.4, 0.5) is 0 Å². The fourth-order valence-corrected chi connectivity index (χ4v) is 2.94. The molecule has 0 aliphatic carbocycles. The largest absolute Gasteiger partial charge is 0.335 e. The molecule has 20 heavy (non-hydrogen) atoms. The molecule has 1 unspecified atom stereocenters. The van der Waals surface area contributed by atoms with E-state index in [0.717, 1.165) is 42.0 Å². The molecule has 0 saturated heterocycles. The van der Waals surface area contributed by atoms with E-state index in [1.165, 1.54) is 4.68 Å². The average molecular weight is 273 g/mol. The monoisotopic (exact) mass is 273 g/mol. The zero-order valence-electron chi connectivity index (χ0n) is 11.8. The number of aryl methyl sites for hydroxylation is 2. The molecule has 1 aliphatic heterocycles. The van der Waals surface area contributed by atoms with Crippen molar-refractivity contribution in [3.05, 3.63) is 35.2 Å². The summed E-state index contributed by atoms with van der Waals surface area (Å²) in [5.74, 6) is 0.0422. The van der Waals surface area contributed by atoms with E-state index in [4.69, 9.17) is 5.73 Å². The highest BCUT2D eigenvalue weighted by atomic mass is 16.2. The second kappa shape index (κ2) is 4.86. The van der Waals surface area contributed by atoms with Crippen LogP contribution in [0.5, 0.6) is 0 Å². The van der Waals surface area contributed by atoms with Gasteiger partial charge in [-0.3, -0.25) is 4.79 Å². The summed E-state index contributed by atoms with van der Waals surface area (Å²) < 4.78 is 3.64. The van der Waals surface area contributed by atoms with Crippen LogP contribution in [0.2, 0.25) is 0 Å². The molecule has 0 radical (unpaired) electrons. The van der Waals surface area contributed by atoms with Crippen LogP contribution in [0.3, 0.4) is 0 Å². The minimum absolute atomic E-state index is 0.0252. The highest BCUT2D eigenvalue weighted by Crippen LogP contribution is 2.23. The van der Waals surface area contributed by atoms with Crippen LogP contribution in [0.25, 0.3) is 0 Å². The van der Waals surface area contributed by atoms with E-state index in [1.54, 1.807) is 0 Å². The Hall–Kier alpha value is -1.95. The Morgan fingerprint density at radius 2 is 2.30 bits per heavy atom. The third-order valence-corrected chi connectivity index (χ3v) is 4.18. The molecule has 1 atom stereocenters. The lowest BCUT2D eigenvalue weighted by Gasteiger charge is -2.22. The van der Waals surface area contributed by atoms with Crippen molar-refractivity contribution in [3.8, 4) is 0 Å². The molecule has 2 aromatic rings. The van der Waals surface area contributed by atoms with Gasteiger partial charge in [-0.15, -0.1) is 0 Å². The summed E-state index contributed by atoms with van der Waals surface area (Å²) in [5, 5.41) is 4.36. The number of aromatic nitrogens is 4. The number of carbonyl (C=O) groups excluding carboxylic acids is 1. The molecule has 3 rings (SSSR count). The van der Waals surface area contributed by atoms with Crippen LogP contribution >= 0.6 is 0 Å². The second-order valence-corrected chi connectivity index (χ2v) is 5.37. The Kier molecular flexibility index (Phi) is 3.17. The molecule has 6 nitrogen and oxygen atoms in total. The van der Waals surface area contributed by atoms with Crippen molar-refractivity contribution in [2.75, 3.05) is 0 Å². The highest BCUT2D eigenvalue weighted by Gasteiger charge is 2.28. The zero-order chi connectivity index (χ0) is 14.3. The number of carbonyl (C=O) groups is 1. The number of rotatable bonds is 2. The van der Waals surface area contributed by atoms with Crippen molar-refractivity contribution in [3.63, 3.8) is 0 Å². The maximum Gasteiger partial charge on any atom is 0.250 e. The topological polar surface area (TPSA) is 78.7 Å². The van der Waals surface area contributed by atoms with Gasteiger partial charge in [0.05, 0.1) is 12.0 Å². The number of imidazole rings is 1. The van der Waals surface area contributed by atoms with Gasteiger partial charge in [-0.05, 0) is 20.3 Å². The molecule has 0 saturated carbocycles. The van der Waals surface area contributed by atoms with E-state index >= 15 is 0 Å². The van der Waals surface area contributed by atoms with Gasteiger partial charge in [0.15, 0.2) is 0 Å². The summed E-state index contributed by atoms with van der Waals surface area (Å²) >= 11 is 0. The lowest BCUT2D eigenvalue weighted by atomic mass is 9.95. The van der Waals surface area contributed by atoms with Gasteiger partial charge >= 0.3 is 0 Å². The maximum atomic E-state index is 12.7. The second-order valence-electron chi connectivity index (χ2n) is 5.37.